The second-order valence-electron chi connectivity index (χ2n) is 9.67. The number of thioether (sulfide) groups is 1. The second kappa shape index (κ2) is 13.0. The largest absolute Gasteiger partial charge is 0.497 e. The van der Waals surface area contributed by atoms with Crippen molar-refractivity contribution < 1.29 is 37.3 Å². The first-order chi connectivity index (χ1) is 18.7. The molecule has 0 radical (unpaired) electrons. The third kappa shape index (κ3) is 6.82. The number of carboxylic acid groups (broad SMARTS) is 1. The molecule has 0 unspecified atom stereocenters. The maximum Gasteiger partial charge on any atom is 0.308 e. The number of nitrogens with zero attached hydrogens (tertiary/aromatic N) is 2. The molecule has 3 atom stereocenters. The molecule has 1 aliphatic heterocycles. The highest BCUT2D eigenvalue weighted by Crippen LogP contribution is 2.34. The Kier molecular flexibility index (Phi) is 9.68. The van der Waals surface area contributed by atoms with E-state index in [1.54, 1.807) is 25.4 Å². The fourth-order valence-electron chi connectivity index (χ4n) is 5.13. The van der Waals surface area contributed by atoms with Crippen molar-refractivity contribution in [1.29, 1.82) is 0 Å². The van der Waals surface area contributed by atoms with Gasteiger partial charge in [-0.05, 0) is 80.3 Å². The molecule has 3 aromatic rings. The molecule has 2 aromatic carbocycles. The normalized spacial score (nSPS) is 18.8. The summed E-state index contributed by atoms with van der Waals surface area (Å²) in [6.45, 7) is 1.48. The highest BCUT2D eigenvalue weighted by Gasteiger charge is 2.34. The Labute approximate surface area is 228 Å². The quantitative estimate of drug-likeness (QED) is 0.0996. The zero-order valence-electron chi connectivity index (χ0n) is 21.4. The first kappa shape index (κ1) is 29.1. The fraction of sp³-hybridized carbons (Fsp3) is 0.429. The molecule has 11 heteroatoms. The number of piperidine rings is 1. The number of halogens is 4. The molecule has 1 saturated heterocycles. The van der Waals surface area contributed by atoms with E-state index in [9.17, 15) is 32.6 Å². The molecule has 2 N–H and O–H groups in total. The van der Waals surface area contributed by atoms with Gasteiger partial charge < -0.3 is 19.8 Å². The van der Waals surface area contributed by atoms with Crippen LogP contribution in [0.15, 0.2) is 41.4 Å². The average Bonchev–Trinajstić information content (AvgIpc) is 2.93. The van der Waals surface area contributed by atoms with E-state index in [4.69, 9.17) is 4.74 Å². The summed E-state index contributed by atoms with van der Waals surface area (Å²) >= 11 is 0.765. The number of carbonyl (C=O) groups is 1. The molecule has 0 bridgehead atoms. The van der Waals surface area contributed by atoms with Crippen LogP contribution in [0.2, 0.25) is 0 Å². The first-order valence-electron chi connectivity index (χ1n) is 12.7. The Balaban J connectivity index is 1.30. The van der Waals surface area contributed by atoms with Gasteiger partial charge in [-0.2, -0.15) is 0 Å². The zero-order chi connectivity index (χ0) is 28.1. The van der Waals surface area contributed by atoms with Crippen LogP contribution in [0.1, 0.15) is 37.4 Å². The Morgan fingerprint density at radius 2 is 1.97 bits per heavy atom. The number of ether oxygens (including phenoxy) is 1. The van der Waals surface area contributed by atoms with Crippen LogP contribution in [0.4, 0.5) is 17.6 Å². The number of hydrogen-bond donors (Lipinski definition) is 2. The number of aliphatic hydroxyl groups is 1. The number of methoxy groups -OCH3 is 1. The van der Waals surface area contributed by atoms with Crippen LogP contribution in [0, 0.1) is 35.1 Å². The van der Waals surface area contributed by atoms with Crippen molar-refractivity contribution in [2.45, 2.75) is 36.7 Å². The van der Waals surface area contributed by atoms with E-state index in [-0.39, 0.29) is 11.7 Å². The Morgan fingerprint density at radius 3 is 2.72 bits per heavy atom. The first-order valence-corrected chi connectivity index (χ1v) is 13.7. The summed E-state index contributed by atoms with van der Waals surface area (Å²) in [5.41, 5.74) is 1.45. The Morgan fingerprint density at radius 1 is 1.18 bits per heavy atom. The highest BCUT2D eigenvalue weighted by molar-refractivity contribution is 7.99. The molecular weight excluding hydrogens is 536 g/mol. The predicted octanol–water partition coefficient (Wildman–Crippen LogP) is 5.82. The summed E-state index contributed by atoms with van der Waals surface area (Å²) in [5.74, 6) is -6.68. The van der Waals surface area contributed by atoms with Gasteiger partial charge in [0.05, 0.1) is 29.5 Å². The predicted molar refractivity (Wildman–Crippen MR) is 140 cm³/mol. The number of benzene rings is 2. The van der Waals surface area contributed by atoms with Crippen molar-refractivity contribution in [3.63, 3.8) is 0 Å². The lowest BCUT2D eigenvalue weighted by atomic mass is 9.81. The molecule has 1 fully saturated rings. The molecule has 1 aromatic heterocycles. The molecule has 2 heterocycles. The van der Waals surface area contributed by atoms with E-state index in [1.807, 2.05) is 17.0 Å². The number of fused-ring (bicyclic) bond motifs is 1. The third-order valence-electron chi connectivity index (χ3n) is 7.25. The number of rotatable bonds is 11. The van der Waals surface area contributed by atoms with E-state index in [0.29, 0.717) is 57.1 Å². The molecular formula is C28H30F4N2O4S. The molecule has 1 aliphatic rings. The van der Waals surface area contributed by atoms with Crippen LogP contribution >= 0.6 is 11.8 Å². The summed E-state index contributed by atoms with van der Waals surface area (Å²) in [7, 11) is 1.57. The van der Waals surface area contributed by atoms with Gasteiger partial charge in [-0.1, -0.05) is 0 Å². The van der Waals surface area contributed by atoms with Gasteiger partial charge in [0.1, 0.15) is 11.6 Å². The molecule has 0 aliphatic carbocycles. The Hall–Kier alpha value is -2.89. The van der Waals surface area contributed by atoms with Crippen LogP contribution in [0.5, 0.6) is 5.75 Å². The summed E-state index contributed by atoms with van der Waals surface area (Å²) in [6.07, 6.45) is 2.89. The van der Waals surface area contributed by atoms with Gasteiger partial charge in [0.25, 0.3) is 0 Å². The van der Waals surface area contributed by atoms with Crippen molar-refractivity contribution >= 4 is 28.6 Å². The number of likely N-dealkylation sites (tertiary alicyclic amines) is 1. The minimum Gasteiger partial charge on any atom is -0.497 e. The minimum absolute atomic E-state index is 0.115. The van der Waals surface area contributed by atoms with Gasteiger partial charge in [0, 0.05) is 24.2 Å². The van der Waals surface area contributed by atoms with Crippen molar-refractivity contribution in [2.75, 3.05) is 32.5 Å². The number of aliphatic carboxylic acids is 1. The summed E-state index contributed by atoms with van der Waals surface area (Å²) < 4.78 is 59.5. The number of aliphatic hydroxyl groups excluding tert-OH is 1. The van der Waals surface area contributed by atoms with Crippen molar-refractivity contribution in [3.8, 4) is 5.75 Å². The SMILES string of the molecule is COc1ccc2nccc([C@@H](O)CC[C@@H]3CCN(CCCSc4c(F)cc(F)c(F)c4F)C[C@@H]3C(=O)O)c2c1. The van der Waals surface area contributed by atoms with Gasteiger partial charge in [-0.25, -0.2) is 17.6 Å². The average molecular weight is 567 g/mol. The molecule has 0 saturated carbocycles. The van der Waals surface area contributed by atoms with E-state index in [2.05, 4.69) is 4.98 Å². The molecule has 6 nitrogen and oxygen atoms in total. The summed E-state index contributed by atoms with van der Waals surface area (Å²) in [5, 5.41) is 21.6. The topological polar surface area (TPSA) is 82.9 Å². The second-order valence-corrected chi connectivity index (χ2v) is 10.8. The van der Waals surface area contributed by atoms with Crippen LogP contribution in [0.3, 0.4) is 0 Å². The van der Waals surface area contributed by atoms with Crippen molar-refractivity contribution in [2.24, 2.45) is 11.8 Å². The van der Waals surface area contributed by atoms with Crippen LogP contribution < -0.4 is 4.74 Å². The van der Waals surface area contributed by atoms with Crippen LogP contribution in [-0.4, -0.2) is 58.6 Å². The summed E-state index contributed by atoms with van der Waals surface area (Å²) in [4.78, 5) is 17.8. The van der Waals surface area contributed by atoms with Crippen LogP contribution in [-0.2, 0) is 4.79 Å². The third-order valence-corrected chi connectivity index (χ3v) is 8.40. The zero-order valence-corrected chi connectivity index (χ0v) is 22.2. The van der Waals surface area contributed by atoms with E-state index < -0.39 is 46.2 Å². The molecule has 210 valence electrons. The monoisotopic (exact) mass is 566 g/mol. The number of hydrogen-bond acceptors (Lipinski definition) is 6. The van der Waals surface area contributed by atoms with E-state index >= 15 is 0 Å². The lowest BCUT2D eigenvalue weighted by molar-refractivity contribution is -0.146. The standard InChI is InChI=1S/C28H30F4N2O4S/c1-38-17-4-5-23-19(13-17)18(7-9-33-23)24(35)6-3-16-8-11-34(15-20(16)28(36)37)10-2-12-39-27-22(30)14-21(29)25(31)26(27)32/h4-5,7,9,13-14,16,20,24,35H,2-3,6,8,10-12,15H2,1H3,(H,36,37)/t16-,20+,24+/m1/s1. The van der Waals surface area contributed by atoms with Gasteiger partial charge in [0.15, 0.2) is 17.5 Å². The molecule has 0 amide bonds. The van der Waals surface area contributed by atoms with Crippen molar-refractivity contribution in [3.05, 3.63) is 65.4 Å². The molecule has 39 heavy (non-hydrogen) atoms. The minimum atomic E-state index is -1.70. The maximum atomic E-state index is 13.9. The van der Waals surface area contributed by atoms with Gasteiger partial charge in [-0.15, -0.1) is 11.8 Å². The Bertz CT molecular complexity index is 1330. The maximum absolute atomic E-state index is 13.9. The van der Waals surface area contributed by atoms with Gasteiger partial charge in [0.2, 0.25) is 0 Å². The number of carboxylic acids is 1. The lowest BCUT2D eigenvalue weighted by Crippen LogP contribution is -2.44. The van der Waals surface area contributed by atoms with Gasteiger partial charge in [-0.3, -0.25) is 9.78 Å². The highest BCUT2D eigenvalue weighted by atomic mass is 32.2. The number of aromatic nitrogens is 1. The molecule has 0 spiro atoms. The van der Waals surface area contributed by atoms with Crippen molar-refractivity contribution in [1.82, 2.24) is 9.88 Å². The number of pyridine rings is 1. The summed E-state index contributed by atoms with van der Waals surface area (Å²) in [6, 6.07) is 7.54. The van der Waals surface area contributed by atoms with Gasteiger partial charge >= 0.3 is 5.97 Å². The van der Waals surface area contributed by atoms with E-state index in [1.165, 1.54) is 0 Å². The van der Waals surface area contributed by atoms with E-state index in [0.717, 1.165) is 28.2 Å². The fourth-order valence-corrected chi connectivity index (χ4v) is 6.02. The van der Waals surface area contributed by atoms with Crippen LogP contribution in [0.25, 0.3) is 10.9 Å². The smallest absolute Gasteiger partial charge is 0.308 e. The lowest BCUT2D eigenvalue weighted by Gasteiger charge is -2.37. The molecule has 4 rings (SSSR count).